The van der Waals surface area contributed by atoms with E-state index in [1.54, 1.807) is 11.8 Å². The van der Waals surface area contributed by atoms with Gasteiger partial charge in [-0.3, -0.25) is 4.99 Å². The quantitative estimate of drug-likeness (QED) is 0.506. The van der Waals surface area contributed by atoms with Crippen LogP contribution in [0, 0.1) is 5.92 Å². The fourth-order valence-corrected chi connectivity index (χ4v) is 2.45. The SMILES string of the molecule is CC/C(C)=C(/N=C(C)c1cccc(SC)c1)C(C)C. The predicted molar refractivity (Wildman–Crippen MR) is 88.3 cm³/mol. The van der Waals surface area contributed by atoms with E-state index in [0.717, 1.165) is 12.1 Å². The molecule has 0 aliphatic rings. The van der Waals surface area contributed by atoms with Crippen molar-refractivity contribution in [1.82, 2.24) is 0 Å². The molecule has 0 N–H and O–H groups in total. The second-order valence-electron chi connectivity index (χ2n) is 5.10. The molecule has 0 radical (unpaired) electrons. The maximum atomic E-state index is 4.88. The van der Waals surface area contributed by atoms with Crippen molar-refractivity contribution >= 4 is 17.5 Å². The average Bonchev–Trinajstić information content (AvgIpc) is 2.43. The lowest BCUT2D eigenvalue weighted by Crippen LogP contribution is -2.01. The minimum absolute atomic E-state index is 0.471. The van der Waals surface area contributed by atoms with E-state index in [4.69, 9.17) is 4.99 Å². The van der Waals surface area contributed by atoms with Gasteiger partial charge >= 0.3 is 0 Å². The monoisotopic (exact) mass is 275 g/mol. The Kier molecular flexibility index (Phi) is 6.36. The van der Waals surface area contributed by atoms with Crippen LogP contribution in [0.3, 0.4) is 0 Å². The van der Waals surface area contributed by atoms with Crippen LogP contribution in [-0.4, -0.2) is 12.0 Å². The van der Waals surface area contributed by atoms with Crippen LogP contribution in [0.2, 0.25) is 0 Å². The van der Waals surface area contributed by atoms with Gasteiger partial charge in [0, 0.05) is 16.3 Å². The zero-order valence-corrected chi connectivity index (χ0v) is 13.8. The maximum absolute atomic E-state index is 4.88. The Labute approximate surface area is 122 Å². The average molecular weight is 275 g/mol. The van der Waals surface area contributed by atoms with Crippen LogP contribution in [0.25, 0.3) is 0 Å². The Morgan fingerprint density at radius 2 is 1.95 bits per heavy atom. The molecule has 0 aromatic heterocycles. The molecule has 0 bridgehead atoms. The van der Waals surface area contributed by atoms with Gasteiger partial charge < -0.3 is 0 Å². The number of hydrogen-bond acceptors (Lipinski definition) is 2. The smallest absolute Gasteiger partial charge is 0.0448 e. The van der Waals surface area contributed by atoms with E-state index in [-0.39, 0.29) is 0 Å². The summed E-state index contributed by atoms with van der Waals surface area (Å²) in [6, 6.07) is 8.59. The highest BCUT2D eigenvalue weighted by molar-refractivity contribution is 7.98. The molecular weight excluding hydrogens is 250 g/mol. The molecule has 0 unspecified atom stereocenters. The largest absolute Gasteiger partial charge is 0.257 e. The summed E-state index contributed by atoms with van der Waals surface area (Å²) in [5.74, 6) is 0.471. The van der Waals surface area contributed by atoms with Gasteiger partial charge in [-0.15, -0.1) is 11.8 Å². The second-order valence-corrected chi connectivity index (χ2v) is 5.98. The summed E-state index contributed by atoms with van der Waals surface area (Å²) in [6.07, 6.45) is 3.17. The van der Waals surface area contributed by atoms with Crippen molar-refractivity contribution < 1.29 is 0 Å². The second kappa shape index (κ2) is 7.54. The summed E-state index contributed by atoms with van der Waals surface area (Å²) in [7, 11) is 0. The van der Waals surface area contributed by atoms with Crippen LogP contribution < -0.4 is 0 Å². The predicted octanol–water partition coefficient (Wildman–Crippen LogP) is 5.56. The molecule has 0 aliphatic heterocycles. The van der Waals surface area contributed by atoms with E-state index in [0.29, 0.717) is 5.92 Å². The highest BCUT2D eigenvalue weighted by Crippen LogP contribution is 2.21. The first-order valence-electron chi connectivity index (χ1n) is 6.88. The molecule has 1 aromatic carbocycles. The van der Waals surface area contributed by atoms with Crippen LogP contribution >= 0.6 is 11.8 Å². The van der Waals surface area contributed by atoms with Crippen LogP contribution in [0.4, 0.5) is 0 Å². The Morgan fingerprint density at radius 1 is 1.26 bits per heavy atom. The van der Waals surface area contributed by atoms with E-state index in [9.17, 15) is 0 Å². The number of rotatable bonds is 5. The summed E-state index contributed by atoms with van der Waals surface area (Å²) in [4.78, 5) is 6.17. The Bertz CT molecular complexity index is 484. The van der Waals surface area contributed by atoms with Gasteiger partial charge in [0.15, 0.2) is 0 Å². The van der Waals surface area contributed by atoms with E-state index in [2.05, 4.69) is 65.1 Å². The number of benzene rings is 1. The molecular formula is C17H25NS. The molecule has 2 heteroatoms. The van der Waals surface area contributed by atoms with E-state index < -0.39 is 0 Å². The van der Waals surface area contributed by atoms with Gasteiger partial charge in [0.2, 0.25) is 0 Å². The van der Waals surface area contributed by atoms with Gasteiger partial charge in [-0.1, -0.05) is 38.5 Å². The van der Waals surface area contributed by atoms with Crippen molar-refractivity contribution in [2.24, 2.45) is 10.9 Å². The van der Waals surface area contributed by atoms with Crippen LogP contribution in [0.5, 0.6) is 0 Å². The topological polar surface area (TPSA) is 12.4 Å². The van der Waals surface area contributed by atoms with Crippen molar-refractivity contribution in [1.29, 1.82) is 0 Å². The lowest BCUT2D eigenvalue weighted by atomic mass is 10.0. The third-order valence-electron chi connectivity index (χ3n) is 3.29. The number of aliphatic imine (C=N–C) groups is 1. The van der Waals surface area contributed by atoms with Crippen molar-refractivity contribution in [3.63, 3.8) is 0 Å². The molecule has 19 heavy (non-hydrogen) atoms. The summed E-state index contributed by atoms with van der Waals surface area (Å²) in [5, 5.41) is 0. The molecule has 1 rings (SSSR count). The lowest BCUT2D eigenvalue weighted by Gasteiger charge is -2.12. The van der Waals surface area contributed by atoms with Crippen molar-refractivity contribution in [2.75, 3.05) is 6.26 Å². The van der Waals surface area contributed by atoms with Gasteiger partial charge in [0.05, 0.1) is 0 Å². The molecule has 1 aromatic rings. The first kappa shape index (κ1) is 16.0. The Balaban J connectivity index is 3.15. The number of hydrogen-bond donors (Lipinski definition) is 0. The fourth-order valence-electron chi connectivity index (χ4n) is 1.99. The van der Waals surface area contributed by atoms with Crippen LogP contribution in [-0.2, 0) is 0 Å². The molecule has 0 fully saturated rings. The maximum Gasteiger partial charge on any atom is 0.0448 e. The van der Waals surface area contributed by atoms with Gasteiger partial charge in [-0.2, -0.15) is 0 Å². The third-order valence-corrected chi connectivity index (χ3v) is 4.02. The summed E-state index contributed by atoms with van der Waals surface area (Å²) >= 11 is 1.77. The molecule has 1 nitrogen and oxygen atoms in total. The number of allylic oxidation sites excluding steroid dienone is 2. The third kappa shape index (κ3) is 4.54. The lowest BCUT2D eigenvalue weighted by molar-refractivity contribution is 0.736. The highest BCUT2D eigenvalue weighted by atomic mass is 32.2. The molecule has 0 atom stereocenters. The van der Waals surface area contributed by atoms with Crippen molar-refractivity contribution in [3.05, 3.63) is 41.1 Å². The van der Waals surface area contributed by atoms with Crippen molar-refractivity contribution in [2.45, 2.75) is 45.9 Å². The van der Waals surface area contributed by atoms with Gasteiger partial charge in [0.25, 0.3) is 0 Å². The minimum atomic E-state index is 0.471. The Hall–Kier alpha value is -1.02. The zero-order chi connectivity index (χ0) is 14.4. The molecule has 0 amide bonds. The van der Waals surface area contributed by atoms with Crippen molar-refractivity contribution in [3.8, 4) is 0 Å². The summed E-state index contributed by atoms with van der Waals surface area (Å²) in [5.41, 5.74) is 4.94. The normalized spacial score (nSPS) is 13.7. The van der Waals surface area contributed by atoms with E-state index in [1.807, 2.05) is 0 Å². The van der Waals surface area contributed by atoms with Crippen LogP contribution in [0.15, 0.2) is 45.4 Å². The minimum Gasteiger partial charge on any atom is -0.257 e. The molecule has 0 saturated heterocycles. The molecule has 0 aliphatic carbocycles. The first-order valence-corrected chi connectivity index (χ1v) is 8.11. The standard InChI is InChI=1S/C17H25NS/c1-7-13(4)17(12(2)3)18-14(5)15-9-8-10-16(11-15)19-6/h8-12H,7H2,1-6H3/b17-13+,18-14?. The van der Waals surface area contributed by atoms with E-state index in [1.165, 1.54) is 21.7 Å². The zero-order valence-electron chi connectivity index (χ0n) is 12.9. The molecule has 104 valence electrons. The van der Waals surface area contributed by atoms with E-state index >= 15 is 0 Å². The Morgan fingerprint density at radius 3 is 2.47 bits per heavy atom. The van der Waals surface area contributed by atoms with Gasteiger partial charge in [-0.05, 0) is 50.1 Å². The summed E-state index contributed by atoms with van der Waals surface area (Å²) in [6.45, 7) is 10.9. The summed E-state index contributed by atoms with van der Waals surface area (Å²) < 4.78 is 0. The fraction of sp³-hybridized carbons (Fsp3) is 0.471. The van der Waals surface area contributed by atoms with Gasteiger partial charge in [0.1, 0.15) is 0 Å². The first-order chi connectivity index (χ1) is 8.99. The molecule has 0 spiro atoms. The molecule has 0 heterocycles. The van der Waals surface area contributed by atoms with Gasteiger partial charge in [-0.25, -0.2) is 0 Å². The molecule has 0 saturated carbocycles. The number of thioether (sulfide) groups is 1. The highest BCUT2D eigenvalue weighted by Gasteiger charge is 2.07. The number of nitrogens with zero attached hydrogens (tertiary/aromatic N) is 1. The van der Waals surface area contributed by atoms with Crippen LogP contribution in [0.1, 0.15) is 46.6 Å².